The van der Waals surface area contributed by atoms with Gasteiger partial charge in [-0.25, -0.2) is 0 Å². The van der Waals surface area contributed by atoms with Gasteiger partial charge in [0.2, 0.25) is 0 Å². The Labute approximate surface area is 108 Å². The summed E-state index contributed by atoms with van der Waals surface area (Å²) in [6, 6.07) is 19.1. The van der Waals surface area contributed by atoms with Gasteiger partial charge in [-0.05, 0) is 11.6 Å². The van der Waals surface area contributed by atoms with Gasteiger partial charge in [-0.15, -0.1) is 0 Å². The summed E-state index contributed by atoms with van der Waals surface area (Å²) < 4.78 is 0. The van der Waals surface area contributed by atoms with Crippen molar-refractivity contribution in [1.82, 2.24) is 4.90 Å². The van der Waals surface area contributed by atoms with E-state index in [1.807, 2.05) is 0 Å². The number of para-hydroxylation sites is 1. The van der Waals surface area contributed by atoms with E-state index < -0.39 is 0 Å². The van der Waals surface area contributed by atoms with Crippen LogP contribution in [0.25, 0.3) is 11.1 Å². The summed E-state index contributed by atoms with van der Waals surface area (Å²) in [6.45, 7) is 0.907. The van der Waals surface area contributed by atoms with Crippen LogP contribution < -0.4 is 4.90 Å². The zero-order valence-electron chi connectivity index (χ0n) is 10.5. The predicted octanol–water partition coefficient (Wildman–Crippen LogP) is 3.53. The molecule has 2 aromatic rings. The van der Waals surface area contributed by atoms with E-state index in [9.17, 15) is 0 Å². The van der Waals surface area contributed by atoms with Crippen LogP contribution in [-0.4, -0.2) is 18.6 Å². The minimum absolute atomic E-state index is 0.907. The molecule has 0 atom stereocenters. The van der Waals surface area contributed by atoms with Crippen LogP contribution in [0.15, 0.2) is 67.0 Å². The van der Waals surface area contributed by atoms with Crippen molar-refractivity contribution >= 4 is 5.69 Å². The van der Waals surface area contributed by atoms with Gasteiger partial charge in [-0.1, -0.05) is 48.5 Å². The zero-order valence-corrected chi connectivity index (χ0v) is 10.5. The summed E-state index contributed by atoms with van der Waals surface area (Å²) in [7, 11) is 2.08. The van der Waals surface area contributed by atoms with Gasteiger partial charge in [-0.3, -0.25) is 0 Å². The van der Waals surface area contributed by atoms with Gasteiger partial charge in [0.15, 0.2) is 0 Å². The van der Waals surface area contributed by atoms with E-state index in [2.05, 4.69) is 83.8 Å². The van der Waals surface area contributed by atoms with Crippen LogP contribution in [0.5, 0.6) is 0 Å². The highest BCUT2D eigenvalue weighted by Gasteiger charge is 2.14. The first-order valence-corrected chi connectivity index (χ1v) is 6.14. The second-order valence-electron chi connectivity index (χ2n) is 4.55. The van der Waals surface area contributed by atoms with Crippen molar-refractivity contribution in [2.75, 3.05) is 18.6 Å². The van der Waals surface area contributed by atoms with Gasteiger partial charge in [-0.2, -0.15) is 0 Å². The van der Waals surface area contributed by atoms with E-state index >= 15 is 0 Å². The maximum atomic E-state index is 2.27. The highest BCUT2D eigenvalue weighted by molar-refractivity contribution is 5.79. The summed E-state index contributed by atoms with van der Waals surface area (Å²) in [4.78, 5) is 4.43. The van der Waals surface area contributed by atoms with E-state index in [-0.39, 0.29) is 0 Å². The normalized spacial score (nSPS) is 14.3. The second-order valence-corrected chi connectivity index (χ2v) is 4.55. The van der Waals surface area contributed by atoms with Gasteiger partial charge < -0.3 is 9.80 Å². The molecule has 90 valence electrons. The molecule has 0 aliphatic carbocycles. The van der Waals surface area contributed by atoms with Crippen LogP contribution in [0.1, 0.15) is 0 Å². The first-order chi connectivity index (χ1) is 8.84. The molecule has 2 aromatic carbocycles. The molecule has 2 nitrogen and oxygen atoms in total. The van der Waals surface area contributed by atoms with Gasteiger partial charge in [0.1, 0.15) is 0 Å². The molecule has 0 aromatic heterocycles. The number of nitrogens with zero attached hydrogens (tertiary/aromatic N) is 2. The topological polar surface area (TPSA) is 6.48 Å². The number of hydrogen-bond acceptors (Lipinski definition) is 2. The Kier molecular flexibility index (Phi) is 2.77. The minimum atomic E-state index is 0.907. The average Bonchev–Trinajstić information content (AvgIpc) is 2.86. The summed E-state index contributed by atoms with van der Waals surface area (Å²) in [5.41, 5.74) is 3.79. The number of hydrogen-bond donors (Lipinski definition) is 0. The molecule has 0 fully saturated rings. The third kappa shape index (κ3) is 1.97. The van der Waals surface area contributed by atoms with Gasteiger partial charge >= 0.3 is 0 Å². The molecule has 0 bridgehead atoms. The van der Waals surface area contributed by atoms with Crippen LogP contribution in [0, 0.1) is 0 Å². The van der Waals surface area contributed by atoms with Crippen molar-refractivity contribution in [2.24, 2.45) is 0 Å². The summed E-state index contributed by atoms with van der Waals surface area (Å²) >= 11 is 0. The maximum Gasteiger partial charge on any atom is 0.0939 e. The molecule has 0 N–H and O–H groups in total. The fourth-order valence-corrected chi connectivity index (χ4v) is 2.27. The SMILES string of the molecule is CN1C=CN(c2ccccc2-c2ccccc2)C1. The fraction of sp³-hybridized carbons (Fsp3) is 0.125. The molecule has 0 spiro atoms. The molecule has 1 heterocycles. The Bertz CT molecular complexity index is 560. The van der Waals surface area contributed by atoms with Crippen molar-refractivity contribution in [1.29, 1.82) is 0 Å². The molecule has 3 rings (SSSR count). The Balaban J connectivity index is 2.03. The third-order valence-electron chi connectivity index (χ3n) is 3.17. The largest absolute Gasteiger partial charge is 0.361 e. The number of benzene rings is 2. The molecule has 0 saturated heterocycles. The van der Waals surface area contributed by atoms with Crippen LogP contribution in [0.2, 0.25) is 0 Å². The van der Waals surface area contributed by atoms with E-state index in [4.69, 9.17) is 0 Å². The van der Waals surface area contributed by atoms with Crippen LogP contribution >= 0.6 is 0 Å². The minimum Gasteiger partial charge on any atom is -0.361 e. The smallest absolute Gasteiger partial charge is 0.0939 e. The van der Waals surface area contributed by atoms with Crippen LogP contribution in [0.4, 0.5) is 5.69 Å². The molecule has 2 heteroatoms. The van der Waals surface area contributed by atoms with E-state index in [0.717, 1.165) is 6.67 Å². The number of anilines is 1. The molecule has 0 amide bonds. The van der Waals surface area contributed by atoms with Crippen molar-refractivity contribution in [3.8, 4) is 11.1 Å². The highest BCUT2D eigenvalue weighted by Crippen LogP contribution is 2.31. The van der Waals surface area contributed by atoms with Crippen molar-refractivity contribution in [2.45, 2.75) is 0 Å². The Hall–Kier alpha value is -2.22. The molecular formula is C16H16N2. The third-order valence-corrected chi connectivity index (χ3v) is 3.17. The quantitative estimate of drug-likeness (QED) is 0.787. The van der Waals surface area contributed by atoms with Crippen molar-refractivity contribution in [3.05, 3.63) is 67.0 Å². The van der Waals surface area contributed by atoms with Crippen molar-refractivity contribution < 1.29 is 0 Å². The molecule has 0 unspecified atom stereocenters. The zero-order chi connectivity index (χ0) is 12.4. The molecule has 1 aliphatic heterocycles. The Morgan fingerprint density at radius 3 is 2.28 bits per heavy atom. The van der Waals surface area contributed by atoms with Gasteiger partial charge in [0.25, 0.3) is 0 Å². The van der Waals surface area contributed by atoms with Gasteiger partial charge in [0, 0.05) is 25.0 Å². The highest BCUT2D eigenvalue weighted by atomic mass is 15.3. The fourth-order valence-electron chi connectivity index (χ4n) is 2.27. The molecule has 0 saturated carbocycles. The Morgan fingerprint density at radius 2 is 1.56 bits per heavy atom. The molecule has 18 heavy (non-hydrogen) atoms. The predicted molar refractivity (Wildman–Crippen MR) is 76.1 cm³/mol. The van der Waals surface area contributed by atoms with E-state index in [1.165, 1.54) is 16.8 Å². The lowest BCUT2D eigenvalue weighted by atomic mass is 10.0. The number of rotatable bonds is 2. The summed E-state index contributed by atoms with van der Waals surface area (Å²) in [5.74, 6) is 0. The van der Waals surface area contributed by atoms with E-state index in [1.54, 1.807) is 0 Å². The summed E-state index contributed by atoms with van der Waals surface area (Å²) in [6.07, 6.45) is 4.23. The second kappa shape index (κ2) is 4.57. The monoisotopic (exact) mass is 236 g/mol. The first kappa shape index (κ1) is 10.9. The molecule has 0 radical (unpaired) electrons. The standard InChI is InChI=1S/C16H16N2/c1-17-11-12-18(13-17)16-10-6-5-9-15(16)14-7-3-2-4-8-14/h2-12H,13H2,1H3. The van der Waals surface area contributed by atoms with E-state index in [0.29, 0.717) is 0 Å². The van der Waals surface area contributed by atoms with Gasteiger partial charge in [0.05, 0.1) is 12.4 Å². The summed E-state index contributed by atoms with van der Waals surface area (Å²) in [5, 5.41) is 0. The lowest BCUT2D eigenvalue weighted by Crippen LogP contribution is -2.22. The molecule has 1 aliphatic rings. The maximum absolute atomic E-state index is 2.27. The average molecular weight is 236 g/mol. The molecular weight excluding hydrogens is 220 g/mol. The first-order valence-electron chi connectivity index (χ1n) is 6.14. The van der Waals surface area contributed by atoms with Crippen molar-refractivity contribution in [3.63, 3.8) is 0 Å². The van der Waals surface area contributed by atoms with Crippen LogP contribution in [0.3, 0.4) is 0 Å². The van der Waals surface area contributed by atoms with Crippen LogP contribution in [-0.2, 0) is 0 Å². The Morgan fingerprint density at radius 1 is 0.833 bits per heavy atom. The lowest BCUT2D eigenvalue weighted by Gasteiger charge is -2.21. The lowest BCUT2D eigenvalue weighted by molar-refractivity contribution is 0.496.